The van der Waals surface area contributed by atoms with Gasteiger partial charge in [0.2, 0.25) is 0 Å². The molecule has 0 spiro atoms. The van der Waals surface area contributed by atoms with Crippen LogP contribution < -0.4 is 0 Å². The maximum absolute atomic E-state index is 11.1. The predicted molar refractivity (Wildman–Crippen MR) is 77.1 cm³/mol. The quantitative estimate of drug-likeness (QED) is 0.793. The van der Waals surface area contributed by atoms with Gasteiger partial charge in [0.25, 0.3) is 0 Å². The van der Waals surface area contributed by atoms with Gasteiger partial charge in [-0.25, -0.2) is 4.68 Å². The Morgan fingerprint density at radius 1 is 1.20 bits per heavy atom. The molecule has 1 aromatic heterocycles. The number of fused-ring (bicyclic) bond motifs is 1. The van der Waals surface area contributed by atoms with Crippen molar-refractivity contribution in [1.29, 1.82) is 0 Å². The van der Waals surface area contributed by atoms with Crippen molar-refractivity contribution in [1.82, 2.24) is 9.78 Å². The molecular formula is C16H14N2O2. The van der Waals surface area contributed by atoms with E-state index in [1.165, 1.54) is 0 Å². The second-order valence-corrected chi connectivity index (χ2v) is 4.79. The zero-order valence-corrected chi connectivity index (χ0v) is 11.1. The number of carboxylic acid groups (broad SMARTS) is 1. The summed E-state index contributed by atoms with van der Waals surface area (Å²) in [5.74, 6) is -0.857. The summed E-state index contributed by atoms with van der Waals surface area (Å²) in [5.41, 5.74) is 3.52. The summed E-state index contributed by atoms with van der Waals surface area (Å²) in [6, 6.07) is 15.5. The third kappa shape index (κ3) is 2.16. The van der Waals surface area contributed by atoms with Crippen LogP contribution in [-0.4, -0.2) is 20.9 Å². The summed E-state index contributed by atoms with van der Waals surface area (Å²) in [7, 11) is 0. The highest BCUT2D eigenvalue weighted by Crippen LogP contribution is 2.22. The van der Waals surface area contributed by atoms with Crippen molar-refractivity contribution in [3.63, 3.8) is 0 Å². The van der Waals surface area contributed by atoms with Crippen molar-refractivity contribution in [2.75, 3.05) is 0 Å². The van der Waals surface area contributed by atoms with Crippen molar-refractivity contribution in [3.05, 3.63) is 59.8 Å². The van der Waals surface area contributed by atoms with Crippen LogP contribution in [0.25, 0.3) is 16.6 Å². The number of benzene rings is 2. The molecule has 3 rings (SSSR count). The lowest BCUT2D eigenvalue weighted by molar-refractivity contribution is -0.136. The van der Waals surface area contributed by atoms with Crippen LogP contribution in [0.3, 0.4) is 0 Å². The van der Waals surface area contributed by atoms with E-state index in [4.69, 9.17) is 5.11 Å². The van der Waals surface area contributed by atoms with Gasteiger partial charge in [0, 0.05) is 5.39 Å². The summed E-state index contributed by atoms with van der Waals surface area (Å²) < 4.78 is 1.73. The van der Waals surface area contributed by atoms with E-state index in [0.717, 1.165) is 22.2 Å². The van der Waals surface area contributed by atoms with Crippen LogP contribution in [-0.2, 0) is 11.2 Å². The zero-order valence-electron chi connectivity index (χ0n) is 11.1. The minimum Gasteiger partial charge on any atom is -0.481 e. The molecule has 0 saturated carbocycles. The van der Waals surface area contributed by atoms with E-state index >= 15 is 0 Å². The molecule has 20 heavy (non-hydrogen) atoms. The maximum atomic E-state index is 11.1. The Morgan fingerprint density at radius 2 is 2.00 bits per heavy atom. The van der Waals surface area contributed by atoms with Gasteiger partial charge in [0.05, 0.1) is 23.3 Å². The van der Waals surface area contributed by atoms with Gasteiger partial charge in [0.1, 0.15) is 0 Å². The fraction of sp³-hybridized carbons (Fsp3) is 0.125. The Kier molecular flexibility index (Phi) is 2.99. The highest BCUT2D eigenvalue weighted by Gasteiger charge is 2.15. The van der Waals surface area contributed by atoms with Gasteiger partial charge in [0.15, 0.2) is 0 Å². The molecule has 4 nitrogen and oxygen atoms in total. The number of aryl methyl sites for hydroxylation is 1. The summed E-state index contributed by atoms with van der Waals surface area (Å²) in [5, 5.41) is 14.5. The molecule has 0 aliphatic rings. The molecule has 0 bridgehead atoms. The van der Waals surface area contributed by atoms with Crippen LogP contribution in [0.4, 0.5) is 0 Å². The Labute approximate surface area is 116 Å². The molecule has 1 N–H and O–H groups in total. The van der Waals surface area contributed by atoms with Crippen molar-refractivity contribution >= 4 is 16.9 Å². The molecule has 2 aromatic carbocycles. The molecule has 0 aliphatic heterocycles. The molecule has 100 valence electrons. The molecular weight excluding hydrogens is 252 g/mol. The average Bonchev–Trinajstić information content (AvgIpc) is 2.77. The van der Waals surface area contributed by atoms with Crippen LogP contribution in [0.15, 0.2) is 48.5 Å². The van der Waals surface area contributed by atoms with E-state index in [-0.39, 0.29) is 6.42 Å². The van der Waals surface area contributed by atoms with E-state index < -0.39 is 5.97 Å². The largest absolute Gasteiger partial charge is 0.481 e. The lowest BCUT2D eigenvalue weighted by atomic mass is 10.1. The van der Waals surface area contributed by atoms with Gasteiger partial charge in [-0.3, -0.25) is 4.79 Å². The fourth-order valence-corrected chi connectivity index (χ4v) is 2.37. The molecule has 0 unspecified atom stereocenters. The first-order valence-electron chi connectivity index (χ1n) is 6.40. The molecule has 0 fully saturated rings. The predicted octanol–water partition coefficient (Wildman–Crippen LogP) is 2.96. The van der Waals surface area contributed by atoms with E-state index in [1.54, 1.807) is 4.68 Å². The van der Waals surface area contributed by atoms with Gasteiger partial charge in [-0.15, -0.1) is 0 Å². The minimum absolute atomic E-state index is 0.0472. The number of carbonyl (C=O) groups is 1. The highest BCUT2D eigenvalue weighted by molar-refractivity contribution is 5.86. The third-order valence-corrected chi connectivity index (χ3v) is 3.24. The molecule has 0 aliphatic carbocycles. The number of aliphatic carboxylic acids is 1. The van der Waals surface area contributed by atoms with Crippen LogP contribution in [0, 0.1) is 6.92 Å². The van der Waals surface area contributed by atoms with Crippen molar-refractivity contribution in [3.8, 4) is 5.69 Å². The summed E-state index contributed by atoms with van der Waals surface area (Å²) >= 11 is 0. The lowest BCUT2D eigenvalue weighted by Gasteiger charge is -2.07. The zero-order chi connectivity index (χ0) is 14.1. The number of hydrogen-bond acceptors (Lipinski definition) is 2. The Balaban J connectivity index is 2.26. The molecule has 0 atom stereocenters. The number of hydrogen-bond donors (Lipinski definition) is 1. The Bertz CT molecular complexity index is 790. The second-order valence-electron chi connectivity index (χ2n) is 4.79. The van der Waals surface area contributed by atoms with E-state index in [2.05, 4.69) is 5.10 Å². The first kappa shape index (κ1) is 12.4. The van der Waals surface area contributed by atoms with E-state index in [1.807, 2.05) is 55.5 Å². The summed E-state index contributed by atoms with van der Waals surface area (Å²) in [4.78, 5) is 11.1. The fourth-order valence-electron chi connectivity index (χ4n) is 2.37. The van der Waals surface area contributed by atoms with Crippen LogP contribution in [0.5, 0.6) is 0 Å². The van der Waals surface area contributed by atoms with Crippen LogP contribution >= 0.6 is 0 Å². The molecule has 0 radical (unpaired) electrons. The molecule has 4 heteroatoms. The maximum Gasteiger partial charge on any atom is 0.309 e. The van der Waals surface area contributed by atoms with Crippen molar-refractivity contribution in [2.45, 2.75) is 13.3 Å². The minimum atomic E-state index is -0.857. The van der Waals surface area contributed by atoms with Gasteiger partial charge in [-0.2, -0.15) is 5.10 Å². The topological polar surface area (TPSA) is 55.1 Å². The summed E-state index contributed by atoms with van der Waals surface area (Å²) in [6.07, 6.45) is -0.0472. The second kappa shape index (κ2) is 4.81. The first-order chi connectivity index (χ1) is 9.65. The number of rotatable bonds is 3. The molecule has 3 aromatic rings. The standard InChI is InChI=1S/C16H14N2O2/c1-11-5-4-6-12(9-11)18-15(10-16(19)20)13-7-2-3-8-14(13)17-18/h2-9H,10H2,1H3,(H,19,20). The molecule has 0 amide bonds. The number of carboxylic acids is 1. The molecule has 1 heterocycles. The lowest BCUT2D eigenvalue weighted by Crippen LogP contribution is -2.08. The Hall–Kier alpha value is -2.62. The van der Waals surface area contributed by atoms with Crippen LogP contribution in [0.1, 0.15) is 11.3 Å². The third-order valence-electron chi connectivity index (χ3n) is 3.24. The van der Waals surface area contributed by atoms with Gasteiger partial charge in [-0.05, 0) is 30.7 Å². The highest BCUT2D eigenvalue weighted by atomic mass is 16.4. The van der Waals surface area contributed by atoms with Gasteiger partial charge >= 0.3 is 5.97 Å². The van der Waals surface area contributed by atoms with Crippen molar-refractivity contribution < 1.29 is 9.90 Å². The van der Waals surface area contributed by atoms with E-state index in [9.17, 15) is 4.79 Å². The van der Waals surface area contributed by atoms with E-state index in [0.29, 0.717) is 5.69 Å². The first-order valence-corrected chi connectivity index (χ1v) is 6.40. The smallest absolute Gasteiger partial charge is 0.309 e. The number of aromatic nitrogens is 2. The van der Waals surface area contributed by atoms with Gasteiger partial charge in [-0.1, -0.05) is 30.3 Å². The SMILES string of the molecule is Cc1cccc(-n2nc3ccccc3c2CC(=O)O)c1. The normalized spacial score (nSPS) is 10.8. The van der Waals surface area contributed by atoms with Crippen LogP contribution in [0.2, 0.25) is 0 Å². The monoisotopic (exact) mass is 266 g/mol. The number of nitrogens with zero attached hydrogens (tertiary/aromatic N) is 2. The Morgan fingerprint density at radius 3 is 2.75 bits per heavy atom. The average molecular weight is 266 g/mol. The van der Waals surface area contributed by atoms with Crippen molar-refractivity contribution in [2.24, 2.45) is 0 Å². The molecule has 0 saturated heterocycles. The summed E-state index contributed by atoms with van der Waals surface area (Å²) in [6.45, 7) is 2.00. The van der Waals surface area contributed by atoms with Gasteiger partial charge < -0.3 is 5.11 Å².